The SMILES string of the molecule is Cc1ccc(NC(=O)CN2CCC(N)CC2)c(C)c1.Cl. The Kier molecular flexibility index (Phi) is 6.46. The van der Waals surface area contributed by atoms with E-state index in [9.17, 15) is 4.79 Å². The van der Waals surface area contributed by atoms with Crippen LogP contribution in [0.15, 0.2) is 18.2 Å². The van der Waals surface area contributed by atoms with Crippen molar-refractivity contribution in [2.75, 3.05) is 25.0 Å². The van der Waals surface area contributed by atoms with E-state index in [0.29, 0.717) is 12.6 Å². The van der Waals surface area contributed by atoms with Crippen LogP contribution >= 0.6 is 12.4 Å². The molecular weight excluding hydrogens is 274 g/mol. The van der Waals surface area contributed by atoms with Crippen molar-refractivity contribution in [3.8, 4) is 0 Å². The summed E-state index contributed by atoms with van der Waals surface area (Å²) in [7, 11) is 0. The molecule has 2 rings (SSSR count). The van der Waals surface area contributed by atoms with Crippen molar-refractivity contribution in [1.82, 2.24) is 4.90 Å². The minimum atomic E-state index is 0. The Labute approximate surface area is 127 Å². The van der Waals surface area contributed by atoms with Crippen LogP contribution in [0.5, 0.6) is 0 Å². The largest absolute Gasteiger partial charge is 0.328 e. The molecule has 1 aliphatic rings. The van der Waals surface area contributed by atoms with E-state index < -0.39 is 0 Å². The van der Waals surface area contributed by atoms with Gasteiger partial charge in [-0.25, -0.2) is 0 Å². The number of carbonyl (C=O) groups is 1. The van der Waals surface area contributed by atoms with Gasteiger partial charge in [-0.1, -0.05) is 17.7 Å². The predicted octanol–water partition coefficient (Wildman–Crippen LogP) is 2.09. The van der Waals surface area contributed by atoms with Gasteiger partial charge in [-0.05, 0) is 38.3 Å². The minimum Gasteiger partial charge on any atom is -0.328 e. The molecule has 0 radical (unpaired) electrons. The highest BCUT2D eigenvalue weighted by Crippen LogP contribution is 2.16. The van der Waals surface area contributed by atoms with Crippen LogP contribution in [0.1, 0.15) is 24.0 Å². The van der Waals surface area contributed by atoms with E-state index in [4.69, 9.17) is 5.73 Å². The fourth-order valence-corrected chi connectivity index (χ4v) is 2.46. The average molecular weight is 298 g/mol. The molecule has 0 aliphatic carbocycles. The molecule has 1 aliphatic heterocycles. The smallest absolute Gasteiger partial charge is 0.238 e. The molecule has 0 saturated carbocycles. The number of hydrogen-bond acceptors (Lipinski definition) is 3. The maximum absolute atomic E-state index is 12.0. The molecule has 1 amide bonds. The molecule has 4 nitrogen and oxygen atoms in total. The van der Waals surface area contributed by atoms with E-state index in [-0.39, 0.29) is 18.3 Å². The summed E-state index contributed by atoms with van der Waals surface area (Å²) < 4.78 is 0. The molecule has 1 fully saturated rings. The van der Waals surface area contributed by atoms with Gasteiger partial charge in [0.2, 0.25) is 5.91 Å². The van der Waals surface area contributed by atoms with Gasteiger partial charge >= 0.3 is 0 Å². The van der Waals surface area contributed by atoms with Gasteiger partial charge in [-0.2, -0.15) is 0 Å². The summed E-state index contributed by atoms with van der Waals surface area (Å²) in [5.41, 5.74) is 9.08. The Morgan fingerprint density at radius 3 is 2.60 bits per heavy atom. The molecule has 1 saturated heterocycles. The van der Waals surface area contributed by atoms with E-state index in [2.05, 4.69) is 23.2 Å². The van der Waals surface area contributed by atoms with Gasteiger partial charge in [0.15, 0.2) is 0 Å². The molecule has 1 aromatic rings. The second kappa shape index (κ2) is 7.62. The van der Waals surface area contributed by atoms with Gasteiger partial charge < -0.3 is 11.1 Å². The lowest BCUT2D eigenvalue weighted by atomic mass is 10.1. The Balaban J connectivity index is 0.00000200. The molecule has 1 aromatic carbocycles. The minimum absolute atomic E-state index is 0. The zero-order chi connectivity index (χ0) is 13.8. The van der Waals surface area contributed by atoms with E-state index >= 15 is 0 Å². The third-order valence-electron chi connectivity index (χ3n) is 3.66. The van der Waals surface area contributed by atoms with Crippen molar-refractivity contribution in [2.45, 2.75) is 32.7 Å². The van der Waals surface area contributed by atoms with Gasteiger partial charge in [0, 0.05) is 24.8 Å². The van der Waals surface area contributed by atoms with Crippen LogP contribution in [0.25, 0.3) is 0 Å². The van der Waals surface area contributed by atoms with Gasteiger partial charge in [-0.3, -0.25) is 9.69 Å². The number of carbonyl (C=O) groups excluding carboxylic acids is 1. The average Bonchev–Trinajstić information content (AvgIpc) is 2.36. The molecule has 0 unspecified atom stereocenters. The third kappa shape index (κ3) is 4.78. The first-order valence-electron chi connectivity index (χ1n) is 6.89. The zero-order valence-electron chi connectivity index (χ0n) is 12.2. The number of anilines is 1. The number of hydrogen-bond donors (Lipinski definition) is 2. The maximum atomic E-state index is 12.0. The number of halogens is 1. The molecule has 0 atom stereocenters. The number of nitrogens with one attached hydrogen (secondary N) is 1. The number of piperidine rings is 1. The lowest BCUT2D eigenvalue weighted by Gasteiger charge is -2.29. The number of aryl methyl sites for hydroxylation is 2. The summed E-state index contributed by atoms with van der Waals surface area (Å²) in [5.74, 6) is 0.0578. The van der Waals surface area contributed by atoms with Crippen LogP contribution in [-0.4, -0.2) is 36.5 Å². The summed E-state index contributed by atoms with van der Waals surface area (Å²) >= 11 is 0. The highest BCUT2D eigenvalue weighted by molar-refractivity contribution is 5.93. The summed E-state index contributed by atoms with van der Waals surface area (Å²) in [5, 5.41) is 2.98. The van der Waals surface area contributed by atoms with Crippen LogP contribution < -0.4 is 11.1 Å². The lowest BCUT2D eigenvalue weighted by Crippen LogP contribution is -2.43. The number of rotatable bonds is 3. The number of nitrogens with two attached hydrogens (primary N) is 1. The lowest BCUT2D eigenvalue weighted by molar-refractivity contribution is -0.117. The van der Waals surface area contributed by atoms with Gasteiger partial charge in [0.25, 0.3) is 0 Å². The first kappa shape index (κ1) is 17.0. The van der Waals surface area contributed by atoms with E-state index in [0.717, 1.165) is 37.2 Å². The third-order valence-corrected chi connectivity index (χ3v) is 3.66. The Bertz CT molecular complexity index is 456. The summed E-state index contributed by atoms with van der Waals surface area (Å²) in [6, 6.07) is 6.37. The Morgan fingerprint density at radius 2 is 2.00 bits per heavy atom. The summed E-state index contributed by atoms with van der Waals surface area (Å²) in [4.78, 5) is 14.2. The second-order valence-electron chi connectivity index (χ2n) is 5.48. The molecular formula is C15H24ClN3O. The number of benzene rings is 1. The summed E-state index contributed by atoms with van der Waals surface area (Å²) in [6.45, 7) is 6.36. The molecule has 0 spiro atoms. The van der Waals surface area contributed by atoms with Crippen molar-refractivity contribution < 1.29 is 4.79 Å². The second-order valence-corrected chi connectivity index (χ2v) is 5.48. The molecule has 5 heteroatoms. The highest BCUT2D eigenvalue weighted by atomic mass is 35.5. The normalized spacial score (nSPS) is 16.6. The maximum Gasteiger partial charge on any atom is 0.238 e. The van der Waals surface area contributed by atoms with Gasteiger partial charge in [0.1, 0.15) is 0 Å². The molecule has 0 aromatic heterocycles. The Hall–Kier alpha value is -1.10. The fraction of sp³-hybridized carbons (Fsp3) is 0.533. The highest BCUT2D eigenvalue weighted by Gasteiger charge is 2.18. The molecule has 112 valence electrons. The number of amides is 1. The topological polar surface area (TPSA) is 58.4 Å². The Morgan fingerprint density at radius 1 is 1.35 bits per heavy atom. The fourth-order valence-electron chi connectivity index (χ4n) is 2.46. The van der Waals surface area contributed by atoms with Crippen molar-refractivity contribution in [3.63, 3.8) is 0 Å². The molecule has 1 heterocycles. The van der Waals surface area contributed by atoms with Crippen molar-refractivity contribution in [3.05, 3.63) is 29.3 Å². The van der Waals surface area contributed by atoms with Crippen molar-refractivity contribution in [1.29, 1.82) is 0 Å². The van der Waals surface area contributed by atoms with E-state index in [1.54, 1.807) is 0 Å². The van der Waals surface area contributed by atoms with Crippen LogP contribution in [-0.2, 0) is 4.79 Å². The zero-order valence-corrected chi connectivity index (χ0v) is 13.0. The quantitative estimate of drug-likeness (QED) is 0.898. The molecule has 0 bridgehead atoms. The summed E-state index contributed by atoms with van der Waals surface area (Å²) in [6.07, 6.45) is 1.97. The first-order valence-corrected chi connectivity index (χ1v) is 6.89. The number of nitrogens with zero attached hydrogens (tertiary/aromatic N) is 1. The molecule has 3 N–H and O–H groups in total. The predicted molar refractivity (Wildman–Crippen MR) is 85.4 cm³/mol. The van der Waals surface area contributed by atoms with Crippen molar-refractivity contribution >= 4 is 24.0 Å². The molecule has 20 heavy (non-hydrogen) atoms. The number of likely N-dealkylation sites (tertiary alicyclic amines) is 1. The van der Waals surface area contributed by atoms with Crippen LogP contribution in [0, 0.1) is 13.8 Å². The first-order chi connectivity index (χ1) is 9.04. The van der Waals surface area contributed by atoms with Crippen molar-refractivity contribution in [2.24, 2.45) is 5.73 Å². The monoisotopic (exact) mass is 297 g/mol. The van der Waals surface area contributed by atoms with E-state index in [1.807, 2.05) is 19.1 Å². The standard InChI is InChI=1S/C15H23N3O.ClH/c1-11-3-4-14(12(2)9-11)17-15(19)10-18-7-5-13(16)6-8-18;/h3-4,9,13H,5-8,10,16H2,1-2H3,(H,17,19);1H. The van der Waals surface area contributed by atoms with Crippen LogP contribution in [0.4, 0.5) is 5.69 Å². The van der Waals surface area contributed by atoms with Crippen LogP contribution in [0.2, 0.25) is 0 Å². The van der Waals surface area contributed by atoms with Gasteiger partial charge in [-0.15, -0.1) is 12.4 Å². The van der Waals surface area contributed by atoms with Gasteiger partial charge in [0.05, 0.1) is 6.54 Å². The van der Waals surface area contributed by atoms with Crippen LogP contribution in [0.3, 0.4) is 0 Å². The van der Waals surface area contributed by atoms with E-state index in [1.165, 1.54) is 5.56 Å².